The van der Waals surface area contributed by atoms with Crippen molar-refractivity contribution in [2.45, 2.75) is 32.7 Å². The average molecular weight is 435 g/mol. The molecule has 0 spiro atoms. The van der Waals surface area contributed by atoms with Crippen molar-refractivity contribution >= 4 is 5.91 Å². The number of ether oxygens (including phenoxy) is 1. The molecule has 1 amide bonds. The van der Waals surface area contributed by atoms with E-state index >= 15 is 0 Å². The molecule has 0 aliphatic carbocycles. The molecule has 4 rings (SSSR count). The van der Waals surface area contributed by atoms with Crippen LogP contribution in [0.5, 0.6) is 5.75 Å². The molecule has 1 N–H and O–H groups in total. The fourth-order valence-electron chi connectivity index (χ4n) is 4.06. The molecule has 0 atom stereocenters. The molecule has 0 unspecified atom stereocenters. The van der Waals surface area contributed by atoms with Gasteiger partial charge in [0.1, 0.15) is 5.75 Å². The number of hydrogen-bond acceptors (Lipinski definition) is 6. The zero-order chi connectivity index (χ0) is 22.3. The second-order valence-corrected chi connectivity index (χ2v) is 8.27. The molecule has 1 saturated heterocycles. The first-order valence-electron chi connectivity index (χ1n) is 11.1. The van der Waals surface area contributed by atoms with Gasteiger partial charge in [0.2, 0.25) is 17.6 Å². The maximum Gasteiger partial charge on any atom is 0.241 e. The maximum atomic E-state index is 12.6. The van der Waals surface area contributed by atoms with E-state index in [0.717, 1.165) is 49.2 Å². The van der Waals surface area contributed by atoms with Crippen LogP contribution in [0.4, 0.5) is 0 Å². The minimum Gasteiger partial charge on any atom is -0.497 e. The zero-order valence-electron chi connectivity index (χ0n) is 18.7. The van der Waals surface area contributed by atoms with Gasteiger partial charge in [0.25, 0.3) is 0 Å². The summed E-state index contributed by atoms with van der Waals surface area (Å²) >= 11 is 0. The minimum absolute atomic E-state index is 0.0623. The summed E-state index contributed by atoms with van der Waals surface area (Å²) < 4.78 is 10.6. The minimum atomic E-state index is 0.0623. The van der Waals surface area contributed by atoms with Crippen molar-refractivity contribution in [3.05, 3.63) is 65.5 Å². The smallest absolute Gasteiger partial charge is 0.241 e. The highest BCUT2D eigenvalue weighted by atomic mass is 16.5. The van der Waals surface area contributed by atoms with Crippen molar-refractivity contribution in [3.63, 3.8) is 0 Å². The third-order valence-electron chi connectivity index (χ3n) is 6.04. The number of aromatic nitrogens is 2. The standard InChI is InChI=1S/C25H30N4O3/c1-18-5-3-4-6-22(18)24-27-23(32-28-24)17-29-15-12-20(13-16-29)25(30)26-14-11-19-7-9-21(31-2)10-8-19/h3-10,20H,11-17H2,1-2H3,(H,26,30). The number of likely N-dealkylation sites (tertiary alicyclic amines) is 1. The monoisotopic (exact) mass is 434 g/mol. The molecule has 0 saturated carbocycles. The van der Waals surface area contributed by atoms with Gasteiger partial charge in [0.15, 0.2) is 0 Å². The van der Waals surface area contributed by atoms with Crippen LogP contribution in [0.25, 0.3) is 11.4 Å². The van der Waals surface area contributed by atoms with Gasteiger partial charge in [-0.3, -0.25) is 9.69 Å². The van der Waals surface area contributed by atoms with Gasteiger partial charge in [-0.2, -0.15) is 4.98 Å². The number of nitrogens with one attached hydrogen (secondary N) is 1. The lowest BCUT2D eigenvalue weighted by atomic mass is 9.96. The van der Waals surface area contributed by atoms with E-state index in [0.29, 0.717) is 24.8 Å². The van der Waals surface area contributed by atoms with E-state index in [1.807, 2.05) is 55.5 Å². The zero-order valence-corrected chi connectivity index (χ0v) is 18.7. The molecule has 7 heteroatoms. The highest BCUT2D eigenvalue weighted by Gasteiger charge is 2.25. The van der Waals surface area contributed by atoms with Crippen LogP contribution in [0, 0.1) is 12.8 Å². The molecule has 7 nitrogen and oxygen atoms in total. The number of benzene rings is 2. The Hall–Kier alpha value is -3.19. The van der Waals surface area contributed by atoms with E-state index in [2.05, 4.69) is 20.4 Å². The van der Waals surface area contributed by atoms with Gasteiger partial charge >= 0.3 is 0 Å². The first-order valence-corrected chi connectivity index (χ1v) is 11.1. The van der Waals surface area contributed by atoms with E-state index in [4.69, 9.17) is 9.26 Å². The van der Waals surface area contributed by atoms with Crippen LogP contribution in [0.1, 0.15) is 29.9 Å². The number of methoxy groups -OCH3 is 1. The highest BCUT2D eigenvalue weighted by molar-refractivity contribution is 5.78. The van der Waals surface area contributed by atoms with Gasteiger partial charge in [-0.1, -0.05) is 41.6 Å². The molecular formula is C25H30N4O3. The quantitative estimate of drug-likeness (QED) is 0.583. The summed E-state index contributed by atoms with van der Waals surface area (Å²) in [6.45, 7) is 5.00. The topological polar surface area (TPSA) is 80.5 Å². The van der Waals surface area contributed by atoms with Crippen molar-refractivity contribution in [1.82, 2.24) is 20.4 Å². The summed E-state index contributed by atoms with van der Waals surface area (Å²) in [5, 5.41) is 7.23. The van der Waals surface area contributed by atoms with Gasteiger partial charge in [0.05, 0.1) is 13.7 Å². The fourth-order valence-corrected chi connectivity index (χ4v) is 4.06. The van der Waals surface area contributed by atoms with Crippen LogP contribution in [0.3, 0.4) is 0 Å². The Morgan fingerprint density at radius 1 is 1.16 bits per heavy atom. The molecule has 1 aliphatic rings. The van der Waals surface area contributed by atoms with E-state index in [1.165, 1.54) is 5.56 Å². The Morgan fingerprint density at radius 2 is 1.91 bits per heavy atom. The Labute approximate surface area is 188 Å². The Bertz CT molecular complexity index is 1020. The number of amides is 1. The molecule has 2 heterocycles. The predicted octanol–water partition coefficient (Wildman–Crippen LogP) is 3.62. The predicted molar refractivity (Wildman–Crippen MR) is 122 cm³/mol. The Balaban J connectivity index is 1.20. The van der Waals surface area contributed by atoms with E-state index < -0.39 is 0 Å². The van der Waals surface area contributed by atoms with Crippen molar-refractivity contribution in [3.8, 4) is 17.1 Å². The van der Waals surface area contributed by atoms with Gasteiger partial charge < -0.3 is 14.6 Å². The number of aryl methyl sites for hydroxylation is 1. The van der Waals surface area contributed by atoms with Crippen LogP contribution in [-0.4, -0.2) is 47.7 Å². The van der Waals surface area contributed by atoms with Crippen molar-refractivity contribution in [2.24, 2.45) is 5.92 Å². The highest BCUT2D eigenvalue weighted by Crippen LogP contribution is 2.22. The molecule has 1 aliphatic heterocycles. The summed E-state index contributed by atoms with van der Waals surface area (Å²) in [4.78, 5) is 19.4. The van der Waals surface area contributed by atoms with Crippen LogP contribution in [0.15, 0.2) is 53.1 Å². The summed E-state index contributed by atoms with van der Waals surface area (Å²) in [5.41, 5.74) is 3.30. The molecular weight excluding hydrogens is 404 g/mol. The fraction of sp³-hybridized carbons (Fsp3) is 0.400. The molecule has 2 aromatic carbocycles. The van der Waals surface area contributed by atoms with Gasteiger partial charge in [-0.05, 0) is 62.5 Å². The lowest BCUT2D eigenvalue weighted by Gasteiger charge is -2.30. The van der Waals surface area contributed by atoms with E-state index in [9.17, 15) is 4.79 Å². The van der Waals surface area contributed by atoms with Gasteiger partial charge in [-0.25, -0.2) is 0 Å². The van der Waals surface area contributed by atoms with Crippen molar-refractivity contribution in [1.29, 1.82) is 0 Å². The number of rotatable bonds is 8. The Kier molecular flexibility index (Phi) is 7.17. The van der Waals surface area contributed by atoms with Crippen molar-refractivity contribution in [2.75, 3.05) is 26.7 Å². The lowest BCUT2D eigenvalue weighted by Crippen LogP contribution is -2.40. The van der Waals surface area contributed by atoms with Crippen LogP contribution < -0.4 is 10.1 Å². The number of carbonyl (C=O) groups excluding carboxylic acids is 1. The summed E-state index contributed by atoms with van der Waals surface area (Å²) in [6.07, 6.45) is 2.50. The van der Waals surface area contributed by atoms with Crippen molar-refractivity contribution < 1.29 is 14.1 Å². The van der Waals surface area contributed by atoms with Gasteiger partial charge in [-0.15, -0.1) is 0 Å². The second-order valence-electron chi connectivity index (χ2n) is 8.27. The average Bonchev–Trinajstić information content (AvgIpc) is 3.28. The molecule has 1 aromatic heterocycles. The maximum absolute atomic E-state index is 12.6. The number of piperidine rings is 1. The van der Waals surface area contributed by atoms with Gasteiger partial charge in [0, 0.05) is 18.0 Å². The van der Waals surface area contributed by atoms with Crippen LogP contribution in [-0.2, 0) is 17.8 Å². The largest absolute Gasteiger partial charge is 0.497 e. The summed E-state index contributed by atoms with van der Waals surface area (Å²) in [5.74, 6) is 2.30. The lowest BCUT2D eigenvalue weighted by molar-refractivity contribution is -0.126. The molecule has 32 heavy (non-hydrogen) atoms. The SMILES string of the molecule is COc1ccc(CCNC(=O)C2CCN(Cc3nc(-c4ccccc4C)no3)CC2)cc1. The van der Waals surface area contributed by atoms with Crippen LogP contribution in [0.2, 0.25) is 0 Å². The first-order chi connectivity index (χ1) is 15.6. The third kappa shape index (κ3) is 5.53. The third-order valence-corrected chi connectivity index (χ3v) is 6.04. The summed E-state index contributed by atoms with van der Waals surface area (Å²) in [6, 6.07) is 16.0. The molecule has 0 bridgehead atoms. The number of nitrogens with zero attached hydrogens (tertiary/aromatic N) is 3. The van der Waals surface area contributed by atoms with E-state index in [1.54, 1.807) is 7.11 Å². The molecule has 3 aromatic rings. The first kappa shape index (κ1) is 22.0. The Morgan fingerprint density at radius 3 is 2.62 bits per heavy atom. The molecule has 1 fully saturated rings. The molecule has 0 radical (unpaired) electrons. The number of carbonyl (C=O) groups is 1. The molecule has 168 valence electrons. The van der Waals surface area contributed by atoms with Crippen LogP contribution >= 0.6 is 0 Å². The summed E-state index contributed by atoms with van der Waals surface area (Å²) in [7, 11) is 1.66. The number of hydrogen-bond donors (Lipinski definition) is 1. The second kappa shape index (κ2) is 10.4. The van der Waals surface area contributed by atoms with E-state index in [-0.39, 0.29) is 11.8 Å². The normalized spacial score (nSPS) is 14.9.